The largest absolute Gasteiger partial charge is 0.478 e. The number of halogens is 1. The molecule has 0 saturated heterocycles. The second kappa shape index (κ2) is 5.46. The molecule has 3 nitrogen and oxygen atoms in total. The van der Waals surface area contributed by atoms with Gasteiger partial charge in [0.25, 0.3) is 0 Å². The zero-order chi connectivity index (χ0) is 14.8. The molecule has 0 aliphatic carbocycles. The second-order valence-corrected chi connectivity index (χ2v) is 5.29. The summed E-state index contributed by atoms with van der Waals surface area (Å²) in [4.78, 5) is 15.3. The summed E-state index contributed by atoms with van der Waals surface area (Å²) in [5, 5.41) is 11.6. The number of carbonyl (C=O) groups is 1. The van der Waals surface area contributed by atoms with Crippen molar-refractivity contribution in [3.63, 3.8) is 0 Å². The topological polar surface area (TPSA) is 50.2 Å². The van der Waals surface area contributed by atoms with Gasteiger partial charge in [-0.05, 0) is 36.4 Å². The average molecular weight is 299 g/mol. The van der Waals surface area contributed by atoms with Crippen LogP contribution in [-0.4, -0.2) is 16.1 Å². The minimum Gasteiger partial charge on any atom is -0.478 e. The fraction of sp³-hybridized carbons (Fsp3) is 0. The number of nitrogens with zero attached hydrogens (tertiary/aromatic N) is 1. The Morgan fingerprint density at radius 2 is 1.62 bits per heavy atom. The first-order valence-corrected chi connectivity index (χ1v) is 7.06. The first-order valence-electron chi connectivity index (χ1n) is 6.19. The van der Waals surface area contributed by atoms with E-state index in [9.17, 15) is 9.18 Å². The van der Waals surface area contributed by atoms with E-state index in [2.05, 4.69) is 4.98 Å². The molecule has 0 fully saturated rings. The van der Waals surface area contributed by atoms with E-state index in [1.165, 1.54) is 23.5 Å². The SMILES string of the molecule is O=C(O)c1ccc(-c2nc(-c3ccc(F)cc3)cs2)cc1. The third-order valence-corrected chi connectivity index (χ3v) is 3.91. The van der Waals surface area contributed by atoms with Crippen LogP contribution in [0.5, 0.6) is 0 Å². The average Bonchev–Trinajstić information content (AvgIpc) is 2.98. The van der Waals surface area contributed by atoms with Crippen molar-refractivity contribution in [2.45, 2.75) is 0 Å². The summed E-state index contributed by atoms with van der Waals surface area (Å²) < 4.78 is 12.9. The van der Waals surface area contributed by atoms with E-state index >= 15 is 0 Å². The van der Waals surface area contributed by atoms with E-state index < -0.39 is 5.97 Å². The minimum absolute atomic E-state index is 0.245. The molecule has 104 valence electrons. The maximum atomic E-state index is 12.9. The van der Waals surface area contributed by atoms with Crippen LogP contribution in [0.25, 0.3) is 21.8 Å². The molecular weight excluding hydrogens is 289 g/mol. The highest BCUT2D eigenvalue weighted by Crippen LogP contribution is 2.29. The van der Waals surface area contributed by atoms with Gasteiger partial charge in [-0.1, -0.05) is 12.1 Å². The molecule has 0 atom stereocenters. The molecule has 3 rings (SSSR count). The molecule has 3 aromatic rings. The zero-order valence-electron chi connectivity index (χ0n) is 10.8. The van der Waals surface area contributed by atoms with E-state index in [0.717, 1.165) is 21.8 Å². The lowest BCUT2D eigenvalue weighted by Crippen LogP contribution is -1.94. The molecule has 1 heterocycles. The lowest BCUT2D eigenvalue weighted by molar-refractivity contribution is 0.0697. The highest BCUT2D eigenvalue weighted by Gasteiger charge is 2.08. The molecule has 1 aromatic heterocycles. The highest BCUT2D eigenvalue weighted by molar-refractivity contribution is 7.13. The van der Waals surface area contributed by atoms with E-state index in [1.807, 2.05) is 5.38 Å². The Kier molecular flexibility index (Phi) is 3.50. The van der Waals surface area contributed by atoms with Crippen molar-refractivity contribution in [3.8, 4) is 21.8 Å². The molecule has 0 aliphatic rings. The van der Waals surface area contributed by atoms with Gasteiger partial charge >= 0.3 is 5.97 Å². The van der Waals surface area contributed by atoms with Crippen molar-refractivity contribution in [2.75, 3.05) is 0 Å². The van der Waals surface area contributed by atoms with Crippen molar-refractivity contribution in [2.24, 2.45) is 0 Å². The third-order valence-electron chi connectivity index (χ3n) is 3.02. The van der Waals surface area contributed by atoms with Crippen molar-refractivity contribution in [3.05, 3.63) is 65.3 Å². The van der Waals surface area contributed by atoms with Gasteiger partial charge in [0.1, 0.15) is 10.8 Å². The van der Waals surface area contributed by atoms with E-state index in [0.29, 0.717) is 0 Å². The summed E-state index contributed by atoms with van der Waals surface area (Å²) in [7, 11) is 0. The summed E-state index contributed by atoms with van der Waals surface area (Å²) >= 11 is 1.46. The van der Waals surface area contributed by atoms with Crippen LogP contribution in [0.3, 0.4) is 0 Å². The molecule has 1 N–H and O–H groups in total. The quantitative estimate of drug-likeness (QED) is 0.783. The van der Waals surface area contributed by atoms with Crippen LogP contribution < -0.4 is 0 Å². The molecular formula is C16H10FNO2S. The van der Waals surface area contributed by atoms with E-state index in [4.69, 9.17) is 5.11 Å². The van der Waals surface area contributed by atoms with Crippen LogP contribution in [0, 0.1) is 5.82 Å². The molecule has 21 heavy (non-hydrogen) atoms. The first kappa shape index (κ1) is 13.5. The van der Waals surface area contributed by atoms with Gasteiger partial charge in [0.05, 0.1) is 11.3 Å². The van der Waals surface area contributed by atoms with Crippen LogP contribution in [0.4, 0.5) is 4.39 Å². The Balaban J connectivity index is 1.90. The molecule has 0 unspecified atom stereocenters. The Labute approximate surface area is 124 Å². The molecule has 0 radical (unpaired) electrons. The van der Waals surface area contributed by atoms with Gasteiger partial charge in [0.15, 0.2) is 0 Å². The van der Waals surface area contributed by atoms with Gasteiger partial charge in [-0.15, -0.1) is 11.3 Å². The zero-order valence-corrected chi connectivity index (χ0v) is 11.6. The number of benzene rings is 2. The van der Waals surface area contributed by atoms with Gasteiger partial charge in [-0.25, -0.2) is 14.2 Å². The van der Waals surface area contributed by atoms with Gasteiger partial charge < -0.3 is 5.11 Å². The molecule has 5 heteroatoms. The Morgan fingerprint density at radius 3 is 2.24 bits per heavy atom. The summed E-state index contributed by atoms with van der Waals surface area (Å²) in [5.41, 5.74) is 2.73. The molecule has 0 aliphatic heterocycles. The van der Waals surface area contributed by atoms with Crippen LogP contribution in [0.2, 0.25) is 0 Å². The fourth-order valence-electron chi connectivity index (χ4n) is 1.91. The van der Waals surface area contributed by atoms with Crippen molar-refractivity contribution in [1.82, 2.24) is 4.98 Å². The standard InChI is InChI=1S/C16H10FNO2S/c17-13-7-5-10(6-8-13)14-9-21-15(18-14)11-1-3-12(4-2-11)16(19)20/h1-9H,(H,19,20). The number of aromatic nitrogens is 1. The molecule has 0 spiro atoms. The summed E-state index contributed by atoms with van der Waals surface area (Å²) in [6.07, 6.45) is 0. The number of carboxylic acid groups (broad SMARTS) is 1. The van der Waals surface area contributed by atoms with Crippen molar-refractivity contribution in [1.29, 1.82) is 0 Å². The molecule has 0 amide bonds. The summed E-state index contributed by atoms with van der Waals surface area (Å²) in [6.45, 7) is 0. The van der Waals surface area contributed by atoms with E-state index in [-0.39, 0.29) is 11.4 Å². The Hall–Kier alpha value is -2.53. The Bertz CT molecular complexity index is 779. The number of thiazole rings is 1. The highest BCUT2D eigenvalue weighted by atomic mass is 32.1. The van der Waals surface area contributed by atoms with Crippen molar-refractivity contribution < 1.29 is 14.3 Å². The van der Waals surface area contributed by atoms with Crippen LogP contribution >= 0.6 is 11.3 Å². The van der Waals surface area contributed by atoms with Gasteiger partial charge in [-0.3, -0.25) is 0 Å². The monoisotopic (exact) mass is 299 g/mol. The summed E-state index contributed by atoms with van der Waals surface area (Å²) in [6, 6.07) is 12.7. The predicted molar refractivity (Wildman–Crippen MR) is 79.9 cm³/mol. The first-order chi connectivity index (χ1) is 10.1. The van der Waals surface area contributed by atoms with Gasteiger partial charge in [0.2, 0.25) is 0 Å². The number of hydrogen-bond donors (Lipinski definition) is 1. The molecule has 0 saturated carbocycles. The minimum atomic E-state index is -0.951. The summed E-state index contributed by atoms with van der Waals surface area (Å²) in [5.74, 6) is -1.23. The Morgan fingerprint density at radius 1 is 1.00 bits per heavy atom. The molecule has 0 bridgehead atoms. The normalized spacial score (nSPS) is 10.5. The lowest BCUT2D eigenvalue weighted by Gasteiger charge is -1.98. The lowest BCUT2D eigenvalue weighted by atomic mass is 10.1. The van der Waals surface area contributed by atoms with Crippen LogP contribution in [0.15, 0.2) is 53.9 Å². The number of rotatable bonds is 3. The maximum absolute atomic E-state index is 12.9. The third kappa shape index (κ3) is 2.83. The smallest absolute Gasteiger partial charge is 0.335 e. The number of aromatic carboxylic acids is 1. The van der Waals surface area contributed by atoms with Crippen molar-refractivity contribution >= 4 is 17.3 Å². The predicted octanol–water partition coefficient (Wildman–Crippen LogP) is 4.31. The second-order valence-electron chi connectivity index (χ2n) is 4.43. The molecule has 2 aromatic carbocycles. The fourth-order valence-corrected chi connectivity index (χ4v) is 2.75. The van der Waals surface area contributed by atoms with E-state index in [1.54, 1.807) is 36.4 Å². The number of carboxylic acids is 1. The van der Waals surface area contributed by atoms with Crippen LogP contribution in [0.1, 0.15) is 10.4 Å². The van der Waals surface area contributed by atoms with Gasteiger partial charge in [-0.2, -0.15) is 0 Å². The maximum Gasteiger partial charge on any atom is 0.335 e. The number of hydrogen-bond acceptors (Lipinski definition) is 3. The van der Waals surface area contributed by atoms with Crippen LogP contribution in [-0.2, 0) is 0 Å². The van der Waals surface area contributed by atoms with Gasteiger partial charge in [0, 0.05) is 16.5 Å².